The zero-order valence-electron chi connectivity index (χ0n) is 9.70. The predicted octanol–water partition coefficient (Wildman–Crippen LogP) is 3.33. The molecule has 0 aliphatic rings. The van der Waals surface area contributed by atoms with Gasteiger partial charge in [0, 0.05) is 5.56 Å². The molecule has 0 amide bonds. The first-order valence-corrected chi connectivity index (χ1v) is 5.22. The summed E-state index contributed by atoms with van der Waals surface area (Å²) in [5, 5.41) is 9.93. The Bertz CT molecular complexity index is 458. The van der Waals surface area contributed by atoms with Gasteiger partial charge in [-0.25, -0.2) is 0 Å². The zero-order valence-corrected chi connectivity index (χ0v) is 9.70. The van der Waals surface area contributed by atoms with E-state index in [1.165, 1.54) is 0 Å². The lowest BCUT2D eigenvalue weighted by Crippen LogP contribution is -1.98. The topological polar surface area (TPSA) is 20.2 Å². The lowest BCUT2D eigenvalue weighted by atomic mass is 9.98. The van der Waals surface area contributed by atoms with Gasteiger partial charge in [-0.3, -0.25) is 0 Å². The van der Waals surface area contributed by atoms with E-state index in [-0.39, 0.29) is 0 Å². The van der Waals surface area contributed by atoms with Crippen LogP contribution in [-0.2, 0) is 0 Å². The molecule has 16 heavy (non-hydrogen) atoms. The molecule has 0 spiro atoms. The van der Waals surface area contributed by atoms with E-state index in [1.54, 1.807) is 6.08 Å². The third-order valence-corrected chi connectivity index (χ3v) is 2.19. The number of hydrogen-bond acceptors (Lipinski definition) is 1. The standard InChI is InChI=1S/C15H16O/c1-4-5-6-11-15(16)14-10-8-7-9-13(14)12(2)3/h4-5,7-10,15-16H,2H2,1,3H3. The van der Waals surface area contributed by atoms with Crippen molar-refractivity contribution < 1.29 is 5.11 Å². The maximum Gasteiger partial charge on any atom is 0.141 e. The molecule has 0 radical (unpaired) electrons. The molecule has 1 atom stereocenters. The lowest BCUT2D eigenvalue weighted by Gasteiger charge is -2.10. The second kappa shape index (κ2) is 5.95. The first-order chi connectivity index (χ1) is 7.66. The second-order valence-corrected chi connectivity index (χ2v) is 3.56. The minimum absolute atomic E-state index is 0.760. The summed E-state index contributed by atoms with van der Waals surface area (Å²) < 4.78 is 0. The van der Waals surface area contributed by atoms with Crippen molar-refractivity contribution >= 4 is 5.57 Å². The summed E-state index contributed by atoms with van der Waals surface area (Å²) in [5.74, 6) is 5.56. The molecule has 1 nitrogen and oxygen atoms in total. The van der Waals surface area contributed by atoms with Gasteiger partial charge in [0.05, 0.1) is 0 Å². The van der Waals surface area contributed by atoms with Crippen LogP contribution in [0.5, 0.6) is 0 Å². The summed E-state index contributed by atoms with van der Waals surface area (Å²) in [6.07, 6.45) is 2.79. The van der Waals surface area contributed by atoms with Gasteiger partial charge in [0.2, 0.25) is 0 Å². The van der Waals surface area contributed by atoms with Crippen molar-refractivity contribution in [3.05, 3.63) is 54.1 Å². The van der Waals surface area contributed by atoms with Gasteiger partial charge in [0.25, 0.3) is 0 Å². The summed E-state index contributed by atoms with van der Waals surface area (Å²) in [7, 11) is 0. The predicted molar refractivity (Wildman–Crippen MR) is 68.7 cm³/mol. The van der Waals surface area contributed by atoms with Crippen molar-refractivity contribution in [2.75, 3.05) is 0 Å². The normalized spacial score (nSPS) is 11.9. The first-order valence-electron chi connectivity index (χ1n) is 5.22. The summed E-state index contributed by atoms with van der Waals surface area (Å²) >= 11 is 0. The van der Waals surface area contributed by atoms with Crippen LogP contribution in [0.2, 0.25) is 0 Å². The van der Waals surface area contributed by atoms with Gasteiger partial charge in [0.1, 0.15) is 6.10 Å². The highest BCUT2D eigenvalue weighted by Crippen LogP contribution is 2.22. The molecule has 1 heteroatoms. The van der Waals surface area contributed by atoms with Crippen LogP contribution in [0.4, 0.5) is 0 Å². The van der Waals surface area contributed by atoms with E-state index in [4.69, 9.17) is 0 Å². The Morgan fingerprint density at radius 3 is 2.75 bits per heavy atom. The molecule has 1 N–H and O–H groups in total. The van der Waals surface area contributed by atoms with Crippen LogP contribution >= 0.6 is 0 Å². The number of allylic oxidation sites excluding steroid dienone is 3. The number of rotatable bonds is 2. The fourth-order valence-electron chi connectivity index (χ4n) is 1.41. The number of benzene rings is 1. The van der Waals surface area contributed by atoms with E-state index in [0.717, 1.165) is 16.7 Å². The average molecular weight is 212 g/mol. The number of aliphatic hydroxyl groups excluding tert-OH is 1. The Balaban J connectivity index is 3.05. The highest BCUT2D eigenvalue weighted by atomic mass is 16.3. The van der Waals surface area contributed by atoms with Crippen LogP contribution in [0.3, 0.4) is 0 Å². The fraction of sp³-hybridized carbons (Fsp3) is 0.200. The Hall–Kier alpha value is -1.78. The molecular weight excluding hydrogens is 196 g/mol. The van der Waals surface area contributed by atoms with Crippen LogP contribution in [0.25, 0.3) is 5.57 Å². The van der Waals surface area contributed by atoms with Gasteiger partial charge in [0.15, 0.2) is 0 Å². The van der Waals surface area contributed by atoms with Gasteiger partial charge < -0.3 is 5.11 Å². The van der Waals surface area contributed by atoms with E-state index in [2.05, 4.69) is 18.4 Å². The molecule has 0 fully saturated rings. The van der Waals surface area contributed by atoms with Gasteiger partial charge >= 0.3 is 0 Å². The van der Waals surface area contributed by atoms with Gasteiger partial charge in [-0.2, -0.15) is 0 Å². The van der Waals surface area contributed by atoms with Crippen LogP contribution in [-0.4, -0.2) is 5.11 Å². The van der Waals surface area contributed by atoms with Gasteiger partial charge in [-0.1, -0.05) is 54.3 Å². The molecule has 82 valence electrons. The monoisotopic (exact) mass is 212 g/mol. The molecular formula is C15H16O. The summed E-state index contributed by atoms with van der Waals surface area (Å²) in [4.78, 5) is 0. The van der Waals surface area contributed by atoms with Crippen molar-refractivity contribution in [1.82, 2.24) is 0 Å². The van der Waals surface area contributed by atoms with E-state index in [0.29, 0.717) is 0 Å². The average Bonchev–Trinajstić information content (AvgIpc) is 2.29. The van der Waals surface area contributed by atoms with Crippen LogP contribution < -0.4 is 0 Å². The molecule has 0 aliphatic heterocycles. The van der Waals surface area contributed by atoms with Crippen molar-refractivity contribution in [3.8, 4) is 11.8 Å². The van der Waals surface area contributed by atoms with Crippen molar-refractivity contribution in [2.45, 2.75) is 20.0 Å². The fourth-order valence-corrected chi connectivity index (χ4v) is 1.41. The van der Waals surface area contributed by atoms with Gasteiger partial charge in [-0.05, 0) is 25.5 Å². The van der Waals surface area contributed by atoms with E-state index in [1.807, 2.05) is 44.2 Å². The highest BCUT2D eigenvalue weighted by molar-refractivity contribution is 5.65. The third kappa shape index (κ3) is 3.12. The summed E-state index contributed by atoms with van der Waals surface area (Å²) in [6.45, 7) is 7.70. The molecule has 0 aromatic heterocycles. The van der Waals surface area contributed by atoms with E-state index >= 15 is 0 Å². The Morgan fingerprint density at radius 2 is 2.12 bits per heavy atom. The summed E-state index contributed by atoms with van der Waals surface area (Å²) in [5.41, 5.74) is 2.71. The summed E-state index contributed by atoms with van der Waals surface area (Å²) in [6, 6.07) is 7.64. The molecule has 1 rings (SSSR count). The molecule has 0 bridgehead atoms. The molecule has 0 saturated carbocycles. The first kappa shape index (κ1) is 12.3. The SMILES string of the molecule is C=C(C)c1ccccc1C(O)C#CC=CC. The molecule has 1 unspecified atom stereocenters. The maximum absolute atomic E-state index is 9.93. The van der Waals surface area contributed by atoms with Crippen LogP contribution in [0, 0.1) is 11.8 Å². The van der Waals surface area contributed by atoms with Gasteiger partial charge in [-0.15, -0.1) is 0 Å². The van der Waals surface area contributed by atoms with Crippen molar-refractivity contribution in [1.29, 1.82) is 0 Å². The molecule has 0 saturated heterocycles. The molecule has 1 aromatic carbocycles. The number of aliphatic hydroxyl groups is 1. The zero-order chi connectivity index (χ0) is 12.0. The van der Waals surface area contributed by atoms with Crippen LogP contribution in [0.15, 0.2) is 43.0 Å². The molecule has 1 aromatic rings. The Kier molecular flexibility index (Phi) is 4.57. The van der Waals surface area contributed by atoms with Crippen LogP contribution in [0.1, 0.15) is 31.1 Å². The lowest BCUT2D eigenvalue weighted by molar-refractivity contribution is 0.238. The Morgan fingerprint density at radius 1 is 1.44 bits per heavy atom. The molecule has 0 aliphatic carbocycles. The van der Waals surface area contributed by atoms with Crippen molar-refractivity contribution in [2.24, 2.45) is 0 Å². The molecule has 0 heterocycles. The van der Waals surface area contributed by atoms with E-state index < -0.39 is 6.10 Å². The smallest absolute Gasteiger partial charge is 0.141 e. The highest BCUT2D eigenvalue weighted by Gasteiger charge is 2.08. The minimum Gasteiger partial charge on any atom is -0.376 e. The Labute approximate surface area is 97.1 Å². The largest absolute Gasteiger partial charge is 0.376 e. The maximum atomic E-state index is 9.93. The number of hydrogen-bond donors (Lipinski definition) is 1. The quantitative estimate of drug-likeness (QED) is 0.745. The minimum atomic E-state index is -0.760. The van der Waals surface area contributed by atoms with E-state index in [9.17, 15) is 5.11 Å². The second-order valence-electron chi connectivity index (χ2n) is 3.56. The van der Waals surface area contributed by atoms with Crippen molar-refractivity contribution in [3.63, 3.8) is 0 Å². The third-order valence-electron chi connectivity index (χ3n) is 2.19.